The predicted molar refractivity (Wildman–Crippen MR) is 119 cm³/mol. The molecule has 6 heteroatoms. The summed E-state index contributed by atoms with van der Waals surface area (Å²) in [4.78, 5) is 23.6. The van der Waals surface area contributed by atoms with Crippen molar-refractivity contribution in [1.82, 2.24) is 14.9 Å². The predicted octanol–water partition coefficient (Wildman–Crippen LogP) is 4.24. The van der Waals surface area contributed by atoms with Gasteiger partial charge >= 0.3 is 6.09 Å². The van der Waals surface area contributed by atoms with Crippen LogP contribution in [0.3, 0.4) is 0 Å². The molecule has 2 bridgehead atoms. The molecule has 32 heavy (non-hydrogen) atoms. The van der Waals surface area contributed by atoms with E-state index in [0.29, 0.717) is 25.3 Å². The summed E-state index contributed by atoms with van der Waals surface area (Å²) in [6.45, 7) is 0.314. The highest BCUT2D eigenvalue weighted by Gasteiger charge is 2.52. The molecule has 2 aromatic carbocycles. The van der Waals surface area contributed by atoms with E-state index in [0.717, 1.165) is 12.8 Å². The third-order valence-corrected chi connectivity index (χ3v) is 7.30. The van der Waals surface area contributed by atoms with Crippen LogP contribution in [0.1, 0.15) is 48.6 Å². The van der Waals surface area contributed by atoms with Crippen LogP contribution in [0.25, 0.3) is 11.1 Å². The second-order valence-electron chi connectivity index (χ2n) is 9.11. The zero-order valence-electron chi connectivity index (χ0n) is 17.7. The van der Waals surface area contributed by atoms with Gasteiger partial charge in [-0.15, -0.1) is 0 Å². The lowest BCUT2D eigenvalue weighted by Crippen LogP contribution is -2.52. The monoisotopic (exact) mass is 427 g/mol. The maximum atomic E-state index is 13.2. The van der Waals surface area contributed by atoms with Crippen LogP contribution in [0.2, 0.25) is 0 Å². The van der Waals surface area contributed by atoms with Crippen molar-refractivity contribution in [3.63, 3.8) is 0 Å². The standard InChI is InChI=1S/C26H25N3O3/c30-25(29-17-10-11-18(29)15-26(31,14-17)24-27-12-5-13-28-24)32-16-23-21-8-3-1-6-19(21)20-7-2-4-9-22(20)23/h1-9,12-13,17-18,23,31H,10-11,14-16H2. The van der Waals surface area contributed by atoms with Gasteiger partial charge in [0.15, 0.2) is 5.82 Å². The van der Waals surface area contributed by atoms with Crippen LogP contribution in [-0.2, 0) is 10.3 Å². The summed E-state index contributed by atoms with van der Waals surface area (Å²) < 4.78 is 5.91. The molecule has 0 saturated carbocycles. The topological polar surface area (TPSA) is 75.5 Å². The van der Waals surface area contributed by atoms with Crippen molar-refractivity contribution in [3.05, 3.63) is 83.9 Å². The highest BCUT2D eigenvalue weighted by molar-refractivity contribution is 5.79. The normalized spacial score (nSPS) is 26.0. The lowest BCUT2D eigenvalue weighted by atomic mass is 9.85. The van der Waals surface area contributed by atoms with E-state index >= 15 is 0 Å². The highest BCUT2D eigenvalue weighted by atomic mass is 16.6. The Labute approximate surface area is 186 Å². The van der Waals surface area contributed by atoms with E-state index in [1.807, 2.05) is 29.2 Å². The van der Waals surface area contributed by atoms with E-state index in [9.17, 15) is 9.90 Å². The SMILES string of the molecule is O=C(OCC1c2ccccc2-c2ccccc21)N1C2CCC1CC(O)(c1ncccn1)C2. The minimum atomic E-state index is -1.09. The van der Waals surface area contributed by atoms with E-state index in [-0.39, 0.29) is 24.1 Å². The van der Waals surface area contributed by atoms with Gasteiger partial charge in [0.25, 0.3) is 0 Å². The van der Waals surface area contributed by atoms with Crippen molar-refractivity contribution in [2.45, 2.75) is 49.3 Å². The average Bonchev–Trinajstić information content (AvgIpc) is 3.30. The number of rotatable bonds is 3. The molecular formula is C26H25N3O3. The van der Waals surface area contributed by atoms with Crippen molar-refractivity contribution >= 4 is 6.09 Å². The fourth-order valence-electron chi connectivity index (χ4n) is 5.91. The minimum absolute atomic E-state index is 0.0449. The average molecular weight is 428 g/mol. The number of benzene rings is 2. The van der Waals surface area contributed by atoms with Crippen molar-refractivity contribution in [3.8, 4) is 11.1 Å². The molecule has 1 aromatic heterocycles. The molecule has 2 atom stereocenters. The number of fused-ring (bicyclic) bond motifs is 5. The minimum Gasteiger partial charge on any atom is -0.448 e. The molecule has 2 unspecified atom stereocenters. The van der Waals surface area contributed by atoms with Gasteiger partial charge in [-0.25, -0.2) is 14.8 Å². The van der Waals surface area contributed by atoms with E-state index in [1.54, 1.807) is 18.5 Å². The van der Waals surface area contributed by atoms with Gasteiger partial charge in [-0.05, 0) is 41.2 Å². The summed E-state index contributed by atoms with van der Waals surface area (Å²) in [7, 11) is 0. The second kappa shape index (κ2) is 7.41. The largest absolute Gasteiger partial charge is 0.448 e. The van der Waals surface area contributed by atoms with Crippen LogP contribution in [0.5, 0.6) is 0 Å². The number of hydrogen-bond acceptors (Lipinski definition) is 5. The lowest BCUT2D eigenvalue weighted by Gasteiger charge is -2.42. The van der Waals surface area contributed by atoms with Crippen molar-refractivity contribution in [2.24, 2.45) is 0 Å². The Hall–Kier alpha value is -3.25. The van der Waals surface area contributed by atoms with E-state index in [4.69, 9.17) is 4.74 Å². The van der Waals surface area contributed by atoms with Gasteiger partial charge in [-0.3, -0.25) is 0 Å². The maximum absolute atomic E-state index is 13.2. The van der Waals surface area contributed by atoms with E-state index < -0.39 is 5.60 Å². The Kier molecular flexibility index (Phi) is 4.50. The fourth-order valence-corrected chi connectivity index (χ4v) is 5.91. The Morgan fingerprint density at radius 1 is 0.938 bits per heavy atom. The molecular weight excluding hydrogens is 402 g/mol. The first kappa shape index (κ1) is 19.4. The number of nitrogens with zero attached hydrogens (tertiary/aromatic N) is 3. The zero-order chi connectivity index (χ0) is 21.7. The van der Waals surface area contributed by atoms with Gasteiger partial charge in [0.05, 0.1) is 0 Å². The summed E-state index contributed by atoms with van der Waals surface area (Å²) >= 11 is 0. The zero-order valence-corrected chi connectivity index (χ0v) is 17.7. The molecule has 0 spiro atoms. The number of ether oxygens (including phenoxy) is 1. The van der Waals surface area contributed by atoms with Crippen LogP contribution < -0.4 is 0 Å². The quantitative estimate of drug-likeness (QED) is 0.677. The van der Waals surface area contributed by atoms with Crippen molar-refractivity contribution < 1.29 is 14.6 Å². The Morgan fingerprint density at radius 2 is 1.50 bits per heavy atom. The third-order valence-electron chi connectivity index (χ3n) is 7.30. The van der Waals surface area contributed by atoms with Crippen molar-refractivity contribution in [1.29, 1.82) is 0 Å². The second-order valence-corrected chi connectivity index (χ2v) is 9.11. The van der Waals surface area contributed by atoms with Crippen LogP contribution in [0.4, 0.5) is 4.79 Å². The number of piperidine rings is 1. The van der Waals surface area contributed by atoms with Crippen LogP contribution in [-0.4, -0.2) is 44.8 Å². The molecule has 3 aromatic rings. The number of aromatic nitrogens is 2. The van der Waals surface area contributed by atoms with E-state index in [2.05, 4.69) is 34.2 Å². The van der Waals surface area contributed by atoms with E-state index in [1.165, 1.54) is 22.3 Å². The van der Waals surface area contributed by atoms with Crippen LogP contribution >= 0.6 is 0 Å². The molecule has 1 aliphatic carbocycles. The fraction of sp³-hybridized carbons (Fsp3) is 0.346. The molecule has 2 aliphatic heterocycles. The summed E-state index contributed by atoms with van der Waals surface area (Å²) in [5, 5.41) is 11.2. The molecule has 3 heterocycles. The first-order valence-corrected chi connectivity index (χ1v) is 11.3. The summed E-state index contributed by atoms with van der Waals surface area (Å²) in [6, 6.07) is 18.3. The third kappa shape index (κ3) is 3.01. The molecule has 6 rings (SSSR count). The summed E-state index contributed by atoms with van der Waals surface area (Å²) in [5.41, 5.74) is 3.76. The Bertz CT molecular complexity index is 1110. The van der Waals surface area contributed by atoms with Gasteiger partial charge in [-0.1, -0.05) is 48.5 Å². The van der Waals surface area contributed by atoms with Gasteiger partial charge in [0, 0.05) is 43.2 Å². The lowest BCUT2D eigenvalue weighted by molar-refractivity contribution is -0.0589. The van der Waals surface area contributed by atoms with Crippen LogP contribution in [0, 0.1) is 0 Å². The summed E-state index contributed by atoms with van der Waals surface area (Å²) in [6.07, 6.45) is 5.64. The number of aliphatic hydroxyl groups is 1. The van der Waals surface area contributed by atoms with Gasteiger partial charge in [0.2, 0.25) is 0 Å². The number of hydrogen-bond donors (Lipinski definition) is 1. The Morgan fingerprint density at radius 3 is 2.09 bits per heavy atom. The van der Waals surface area contributed by atoms with Crippen LogP contribution in [0.15, 0.2) is 67.0 Å². The molecule has 2 fully saturated rings. The molecule has 1 N–H and O–H groups in total. The molecule has 3 aliphatic rings. The van der Waals surface area contributed by atoms with Gasteiger partial charge in [0.1, 0.15) is 12.2 Å². The first-order chi connectivity index (χ1) is 15.6. The Balaban J connectivity index is 1.19. The smallest absolute Gasteiger partial charge is 0.410 e. The molecule has 0 radical (unpaired) electrons. The number of amides is 1. The van der Waals surface area contributed by atoms with Gasteiger partial charge in [-0.2, -0.15) is 0 Å². The van der Waals surface area contributed by atoms with Gasteiger partial charge < -0.3 is 14.7 Å². The highest BCUT2D eigenvalue weighted by Crippen LogP contribution is 2.46. The molecule has 6 nitrogen and oxygen atoms in total. The van der Waals surface area contributed by atoms with Crippen molar-refractivity contribution in [2.75, 3.05) is 6.61 Å². The number of carbonyl (C=O) groups excluding carboxylic acids is 1. The summed E-state index contributed by atoms with van der Waals surface area (Å²) in [5.74, 6) is 0.493. The maximum Gasteiger partial charge on any atom is 0.410 e. The molecule has 162 valence electrons. The first-order valence-electron chi connectivity index (χ1n) is 11.3. The number of carbonyl (C=O) groups is 1. The molecule has 1 amide bonds. The molecule has 2 saturated heterocycles.